The maximum absolute atomic E-state index is 11.8. The zero-order chi connectivity index (χ0) is 25.9. The first-order valence-corrected chi connectivity index (χ1v) is 13.4. The molecule has 1 amide bonds. The summed E-state index contributed by atoms with van der Waals surface area (Å²) >= 11 is 0. The third-order valence-electron chi connectivity index (χ3n) is 6.28. The van der Waals surface area contributed by atoms with Gasteiger partial charge in [-0.2, -0.15) is 0 Å². The summed E-state index contributed by atoms with van der Waals surface area (Å²) in [5.41, 5.74) is 1.50. The summed E-state index contributed by atoms with van der Waals surface area (Å²) < 4.78 is 10.4. The fourth-order valence-corrected chi connectivity index (χ4v) is 4.25. The van der Waals surface area contributed by atoms with E-state index in [0.717, 1.165) is 12.0 Å². The van der Waals surface area contributed by atoms with Crippen LogP contribution in [0, 0.1) is 0 Å². The molecule has 0 radical (unpaired) electrons. The number of rotatable bonds is 19. The highest BCUT2D eigenvalue weighted by Crippen LogP contribution is 2.19. The second-order valence-electron chi connectivity index (χ2n) is 9.77. The first kappa shape index (κ1) is 30.7. The Morgan fingerprint density at radius 2 is 1.11 bits per heavy atom. The van der Waals surface area contributed by atoms with Crippen molar-refractivity contribution in [3.05, 3.63) is 35.4 Å². The fraction of sp³-hybridized carbons (Fsp3) is 0.690. The van der Waals surface area contributed by atoms with Gasteiger partial charge in [0.15, 0.2) is 0 Å². The van der Waals surface area contributed by atoms with Crippen molar-refractivity contribution in [3.8, 4) is 0 Å². The van der Waals surface area contributed by atoms with E-state index < -0.39 is 17.5 Å². The van der Waals surface area contributed by atoms with E-state index in [1.807, 2.05) is 0 Å². The van der Waals surface area contributed by atoms with Crippen LogP contribution in [0.4, 0.5) is 0 Å². The zero-order valence-corrected chi connectivity index (χ0v) is 22.5. The van der Waals surface area contributed by atoms with Crippen LogP contribution in [0.2, 0.25) is 0 Å². The Morgan fingerprint density at radius 3 is 1.54 bits per heavy atom. The molecule has 1 rings (SSSR count). The Labute approximate surface area is 212 Å². The van der Waals surface area contributed by atoms with Gasteiger partial charge in [-0.15, -0.1) is 0 Å². The van der Waals surface area contributed by atoms with Crippen molar-refractivity contribution < 1.29 is 23.9 Å². The van der Waals surface area contributed by atoms with E-state index in [2.05, 4.69) is 36.5 Å². The molecule has 6 nitrogen and oxygen atoms in total. The molecule has 0 saturated heterocycles. The number of nitrogens with one attached hydrogen (secondary N) is 1. The normalized spacial score (nSPS) is 11.2. The third kappa shape index (κ3) is 15.3. The van der Waals surface area contributed by atoms with Crippen LogP contribution in [0.25, 0.3) is 0 Å². The van der Waals surface area contributed by atoms with Gasteiger partial charge >= 0.3 is 11.9 Å². The van der Waals surface area contributed by atoms with Crippen LogP contribution >= 0.6 is 0 Å². The fourth-order valence-electron chi connectivity index (χ4n) is 4.25. The summed E-state index contributed by atoms with van der Waals surface area (Å²) in [6, 6.07) is 8.56. The molecule has 0 spiro atoms. The van der Waals surface area contributed by atoms with Crippen molar-refractivity contribution in [1.29, 1.82) is 0 Å². The summed E-state index contributed by atoms with van der Waals surface area (Å²) in [7, 11) is 0. The number of amides is 1. The average molecular weight is 490 g/mol. The molecule has 0 aliphatic rings. The van der Waals surface area contributed by atoms with Gasteiger partial charge < -0.3 is 14.8 Å². The first-order chi connectivity index (χ1) is 16.8. The highest BCUT2D eigenvalue weighted by atomic mass is 16.5. The molecule has 6 heteroatoms. The number of unbranched alkanes of at least 4 members (excludes halogenated alkanes) is 9. The molecule has 0 unspecified atom stereocenters. The molecule has 1 aromatic rings. The second kappa shape index (κ2) is 18.0. The van der Waals surface area contributed by atoms with Gasteiger partial charge in [0.1, 0.15) is 18.8 Å². The van der Waals surface area contributed by atoms with Gasteiger partial charge in [0, 0.05) is 20.8 Å². The Morgan fingerprint density at radius 1 is 0.686 bits per heavy atom. The van der Waals surface area contributed by atoms with Crippen LogP contribution in [0.3, 0.4) is 0 Å². The molecule has 0 atom stereocenters. The van der Waals surface area contributed by atoms with E-state index in [9.17, 15) is 14.4 Å². The van der Waals surface area contributed by atoms with Gasteiger partial charge in [-0.1, -0.05) is 89.0 Å². The molecule has 1 N–H and O–H groups in total. The Kier molecular flexibility index (Phi) is 15.7. The van der Waals surface area contributed by atoms with Gasteiger partial charge in [-0.25, -0.2) is 0 Å². The molecule has 1 aromatic carbocycles. The molecule has 35 heavy (non-hydrogen) atoms. The summed E-state index contributed by atoms with van der Waals surface area (Å²) in [6.07, 6.45) is 15.6. The van der Waals surface area contributed by atoms with Crippen molar-refractivity contribution in [2.45, 2.75) is 117 Å². The Balaban J connectivity index is 2.49. The van der Waals surface area contributed by atoms with E-state index in [1.54, 1.807) is 0 Å². The van der Waals surface area contributed by atoms with Gasteiger partial charge in [-0.05, 0) is 36.8 Å². The van der Waals surface area contributed by atoms with E-state index in [0.29, 0.717) is 12.8 Å². The lowest BCUT2D eigenvalue weighted by atomic mass is 9.91. The number of hydrogen-bond acceptors (Lipinski definition) is 5. The number of ether oxygens (including phenoxy) is 2. The lowest BCUT2D eigenvalue weighted by Crippen LogP contribution is -2.55. The molecule has 0 saturated carbocycles. The number of hydrogen-bond donors (Lipinski definition) is 1. The first-order valence-electron chi connectivity index (χ1n) is 13.4. The lowest BCUT2D eigenvalue weighted by Gasteiger charge is -2.33. The van der Waals surface area contributed by atoms with Crippen LogP contribution in [0.5, 0.6) is 0 Å². The van der Waals surface area contributed by atoms with Crippen molar-refractivity contribution >= 4 is 17.8 Å². The van der Waals surface area contributed by atoms with Crippen molar-refractivity contribution in [2.24, 2.45) is 0 Å². The molecule has 0 aromatic heterocycles. The summed E-state index contributed by atoms with van der Waals surface area (Å²) in [6.45, 7) is 6.20. The van der Waals surface area contributed by atoms with Crippen molar-refractivity contribution in [3.63, 3.8) is 0 Å². The summed E-state index contributed by atoms with van der Waals surface area (Å²) in [5, 5.41) is 2.85. The van der Waals surface area contributed by atoms with E-state index in [-0.39, 0.29) is 19.1 Å². The number of benzene rings is 1. The molecule has 0 aliphatic carbocycles. The maximum Gasteiger partial charge on any atom is 0.302 e. The van der Waals surface area contributed by atoms with E-state index in [1.165, 1.54) is 90.5 Å². The topological polar surface area (TPSA) is 81.7 Å². The molecular formula is C29H47NO5. The molecule has 198 valence electrons. The predicted molar refractivity (Wildman–Crippen MR) is 140 cm³/mol. The number of carbonyl (C=O) groups excluding carboxylic acids is 3. The standard InChI is InChI=1S/C29H47NO5/c1-5-6-7-8-9-10-11-12-13-14-15-27-16-18-28(19-17-27)20-21-29(30-24(2)31,22-34-25(3)32)23-35-26(4)33/h16-19H,5-15,20-23H2,1-4H3,(H,30,31). The quantitative estimate of drug-likeness (QED) is 0.188. The molecule has 0 aliphatic heterocycles. The van der Waals surface area contributed by atoms with Gasteiger partial charge in [0.05, 0.1) is 0 Å². The maximum atomic E-state index is 11.8. The lowest BCUT2D eigenvalue weighted by molar-refractivity contribution is -0.150. The summed E-state index contributed by atoms with van der Waals surface area (Å²) in [5.74, 6) is -1.16. The van der Waals surface area contributed by atoms with Crippen molar-refractivity contribution in [2.75, 3.05) is 13.2 Å². The van der Waals surface area contributed by atoms with E-state index >= 15 is 0 Å². The predicted octanol–water partition coefficient (Wildman–Crippen LogP) is 6.08. The monoisotopic (exact) mass is 489 g/mol. The van der Waals surface area contributed by atoms with E-state index in [4.69, 9.17) is 9.47 Å². The van der Waals surface area contributed by atoms with Crippen LogP contribution in [0.1, 0.15) is 109 Å². The minimum atomic E-state index is -0.960. The SMILES string of the molecule is CCCCCCCCCCCCc1ccc(CCC(COC(C)=O)(COC(C)=O)NC(C)=O)cc1. The largest absolute Gasteiger partial charge is 0.463 e. The Hall–Kier alpha value is -2.37. The third-order valence-corrected chi connectivity index (χ3v) is 6.28. The molecule has 0 heterocycles. The van der Waals surface area contributed by atoms with Gasteiger partial charge in [0.25, 0.3) is 0 Å². The Bertz CT molecular complexity index is 726. The second-order valence-corrected chi connectivity index (χ2v) is 9.77. The van der Waals surface area contributed by atoms with Crippen LogP contribution in [-0.2, 0) is 36.7 Å². The number of carbonyl (C=O) groups is 3. The molecular weight excluding hydrogens is 442 g/mol. The van der Waals surface area contributed by atoms with Crippen LogP contribution < -0.4 is 5.32 Å². The molecule has 0 fully saturated rings. The van der Waals surface area contributed by atoms with Crippen LogP contribution in [-0.4, -0.2) is 36.6 Å². The van der Waals surface area contributed by atoms with Crippen molar-refractivity contribution in [1.82, 2.24) is 5.32 Å². The number of esters is 2. The van der Waals surface area contributed by atoms with Gasteiger partial charge in [-0.3, -0.25) is 14.4 Å². The zero-order valence-electron chi connectivity index (χ0n) is 22.5. The number of aryl methyl sites for hydroxylation is 2. The molecule has 0 bridgehead atoms. The summed E-state index contributed by atoms with van der Waals surface area (Å²) in [4.78, 5) is 34.6. The minimum Gasteiger partial charge on any atom is -0.463 e. The van der Waals surface area contributed by atoms with Crippen LogP contribution in [0.15, 0.2) is 24.3 Å². The highest BCUT2D eigenvalue weighted by Gasteiger charge is 2.34. The smallest absolute Gasteiger partial charge is 0.302 e. The average Bonchev–Trinajstić information content (AvgIpc) is 2.81. The van der Waals surface area contributed by atoms with Gasteiger partial charge in [0.2, 0.25) is 5.91 Å². The minimum absolute atomic E-state index is 0.0496. The highest BCUT2D eigenvalue weighted by molar-refractivity contribution is 5.74.